The summed E-state index contributed by atoms with van der Waals surface area (Å²) in [6.07, 6.45) is 0. The van der Waals surface area contributed by atoms with Crippen LogP contribution in [0.1, 0.15) is 38.1 Å². The van der Waals surface area contributed by atoms with Crippen molar-refractivity contribution in [2.75, 3.05) is 26.7 Å². The molecule has 0 aliphatic heterocycles. The average Bonchev–Trinajstić information content (AvgIpc) is 2.59. The lowest BCUT2D eigenvalue weighted by Gasteiger charge is -2.28. The van der Waals surface area contributed by atoms with Gasteiger partial charge in [0, 0.05) is 25.2 Å². The Balaban J connectivity index is 2.89. The second kappa shape index (κ2) is 10.5. The minimum absolute atomic E-state index is 0.0404. The van der Waals surface area contributed by atoms with Gasteiger partial charge in [-0.3, -0.25) is 14.4 Å². The van der Waals surface area contributed by atoms with Crippen LogP contribution in [0.5, 0.6) is 0 Å². The van der Waals surface area contributed by atoms with E-state index in [1.165, 1.54) is 17.0 Å². The van der Waals surface area contributed by atoms with Crippen molar-refractivity contribution < 1.29 is 14.4 Å². The Morgan fingerprint density at radius 3 is 2.19 bits per heavy atom. The highest BCUT2D eigenvalue weighted by molar-refractivity contribution is 6.36. The number of rotatable bonds is 8. The molecule has 0 heterocycles. The summed E-state index contributed by atoms with van der Waals surface area (Å²) in [5.41, 5.74) is 0.237. The second-order valence-electron chi connectivity index (χ2n) is 6.58. The van der Waals surface area contributed by atoms with Crippen LogP contribution in [0, 0.1) is 5.92 Å². The summed E-state index contributed by atoms with van der Waals surface area (Å²) < 4.78 is 0. The summed E-state index contributed by atoms with van der Waals surface area (Å²) in [5.74, 6) is -1.10. The standard InChI is InChI=1S/C19H27Cl2N3O3/c1-6-24(7-2)16(25)11-23(5)19(27)17(12(3)4)22-18(26)14-9-8-13(20)10-15(14)21/h8-10,12,17H,6-7,11H2,1-5H3,(H,22,26). The molecule has 0 saturated carbocycles. The van der Waals surface area contributed by atoms with Gasteiger partial charge in [0.05, 0.1) is 17.1 Å². The van der Waals surface area contributed by atoms with Crippen molar-refractivity contribution in [2.45, 2.75) is 33.7 Å². The van der Waals surface area contributed by atoms with E-state index in [2.05, 4.69) is 5.32 Å². The van der Waals surface area contributed by atoms with Gasteiger partial charge in [0.1, 0.15) is 6.04 Å². The van der Waals surface area contributed by atoms with Crippen LogP contribution >= 0.6 is 23.2 Å². The molecule has 0 radical (unpaired) electrons. The molecule has 1 aromatic rings. The van der Waals surface area contributed by atoms with E-state index in [1.807, 2.05) is 27.7 Å². The number of amides is 3. The van der Waals surface area contributed by atoms with Gasteiger partial charge in [-0.1, -0.05) is 37.0 Å². The molecule has 150 valence electrons. The van der Waals surface area contributed by atoms with E-state index in [4.69, 9.17) is 23.2 Å². The van der Waals surface area contributed by atoms with Crippen LogP contribution in [-0.4, -0.2) is 60.2 Å². The van der Waals surface area contributed by atoms with Crippen LogP contribution in [0.15, 0.2) is 18.2 Å². The van der Waals surface area contributed by atoms with Crippen molar-refractivity contribution >= 4 is 40.9 Å². The Hall–Kier alpha value is -1.79. The van der Waals surface area contributed by atoms with Gasteiger partial charge in [-0.15, -0.1) is 0 Å². The minimum atomic E-state index is -0.779. The van der Waals surface area contributed by atoms with Gasteiger partial charge in [-0.05, 0) is 38.0 Å². The molecule has 0 spiro atoms. The van der Waals surface area contributed by atoms with E-state index in [1.54, 1.807) is 18.0 Å². The van der Waals surface area contributed by atoms with Crippen LogP contribution in [-0.2, 0) is 9.59 Å². The third kappa shape index (κ3) is 6.40. The maximum atomic E-state index is 12.8. The quantitative estimate of drug-likeness (QED) is 0.708. The number of hydrogen-bond acceptors (Lipinski definition) is 3. The maximum absolute atomic E-state index is 12.8. The molecule has 1 rings (SSSR count). The fourth-order valence-electron chi connectivity index (χ4n) is 2.60. The monoisotopic (exact) mass is 415 g/mol. The zero-order valence-electron chi connectivity index (χ0n) is 16.4. The Labute approximate surface area is 170 Å². The van der Waals surface area contributed by atoms with Crippen LogP contribution < -0.4 is 5.32 Å². The number of nitrogens with zero attached hydrogens (tertiary/aromatic N) is 2. The molecule has 1 aromatic carbocycles. The third-order valence-corrected chi connectivity index (χ3v) is 4.81. The van der Waals surface area contributed by atoms with Gasteiger partial charge >= 0.3 is 0 Å². The highest BCUT2D eigenvalue weighted by Gasteiger charge is 2.29. The molecule has 0 aliphatic carbocycles. The Kier molecular flexibility index (Phi) is 9.06. The third-order valence-electron chi connectivity index (χ3n) is 4.26. The van der Waals surface area contributed by atoms with Crippen molar-refractivity contribution in [1.29, 1.82) is 0 Å². The molecule has 8 heteroatoms. The van der Waals surface area contributed by atoms with Crippen molar-refractivity contribution in [1.82, 2.24) is 15.1 Å². The van der Waals surface area contributed by atoms with E-state index in [0.717, 1.165) is 0 Å². The molecular weight excluding hydrogens is 389 g/mol. The number of hydrogen-bond donors (Lipinski definition) is 1. The first-order valence-corrected chi connectivity index (χ1v) is 9.66. The van der Waals surface area contributed by atoms with E-state index in [0.29, 0.717) is 18.1 Å². The van der Waals surface area contributed by atoms with Crippen LogP contribution in [0.4, 0.5) is 0 Å². The lowest BCUT2D eigenvalue weighted by molar-refractivity contribution is -0.140. The van der Waals surface area contributed by atoms with Crippen molar-refractivity contribution in [2.24, 2.45) is 5.92 Å². The van der Waals surface area contributed by atoms with E-state index >= 15 is 0 Å². The molecule has 0 bridgehead atoms. The predicted molar refractivity (Wildman–Crippen MR) is 108 cm³/mol. The predicted octanol–water partition coefficient (Wildman–Crippen LogP) is 3.07. The van der Waals surface area contributed by atoms with Crippen LogP contribution in [0.3, 0.4) is 0 Å². The topological polar surface area (TPSA) is 69.7 Å². The molecule has 1 N–H and O–H groups in total. The second-order valence-corrected chi connectivity index (χ2v) is 7.42. The molecule has 0 aromatic heterocycles. The van der Waals surface area contributed by atoms with E-state index in [9.17, 15) is 14.4 Å². The summed E-state index contributed by atoms with van der Waals surface area (Å²) in [7, 11) is 1.56. The molecule has 0 saturated heterocycles. The Morgan fingerprint density at radius 2 is 1.70 bits per heavy atom. The molecule has 1 unspecified atom stereocenters. The van der Waals surface area contributed by atoms with Gasteiger partial charge < -0.3 is 15.1 Å². The van der Waals surface area contributed by atoms with Crippen LogP contribution in [0.25, 0.3) is 0 Å². The lowest BCUT2D eigenvalue weighted by atomic mass is 10.0. The molecule has 3 amide bonds. The number of likely N-dealkylation sites (N-methyl/N-ethyl adjacent to an activating group) is 2. The highest BCUT2D eigenvalue weighted by Crippen LogP contribution is 2.21. The zero-order valence-corrected chi connectivity index (χ0v) is 17.9. The molecule has 1 atom stereocenters. The number of halogens is 2. The lowest BCUT2D eigenvalue weighted by Crippen LogP contribution is -2.52. The molecule has 0 aliphatic rings. The zero-order chi connectivity index (χ0) is 20.7. The Bertz CT molecular complexity index is 691. The van der Waals surface area contributed by atoms with Gasteiger partial charge in [0.15, 0.2) is 0 Å². The smallest absolute Gasteiger partial charge is 0.253 e. The number of nitrogens with one attached hydrogen (secondary N) is 1. The van der Waals surface area contributed by atoms with E-state index < -0.39 is 11.9 Å². The molecule has 6 nitrogen and oxygen atoms in total. The van der Waals surface area contributed by atoms with Gasteiger partial charge in [-0.2, -0.15) is 0 Å². The fraction of sp³-hybridized carbons (Fsp3) is 0.526. The average molecular weight is 416 g/mol. The largest absolute Gasteiger partial charge is 0.342 e. The normalized spacial score (nSPS) is 11.9. The van der Waals surface area contributed by atoms with Crippen LogP contribution in [0.2, 0.25) is 10.0 Å². The first-order chi connectivity index (χ1) is 12.6. The van der Waals surface area contributed by atoms with Gasteiger partial charge in [-0.25, -0.2) is 0 Å². The van der Waals surface area contributed by atoms with Crippen molar-refractivity contribution in [3.63, 3.8) is 0 Å². The summed E-state index contributed by atoms with van der Waals surface area (Å²) in [4.78, 5) is 40.6. The fourth-order valence-corrected chi connectivity index (χ4v) is 3.10. The summed E-state index contributed by atoms with van der Waals surface area (Å²) in [6, 6.07) is 3.76. The highest BCUT2D eigenvalue weighted by atomic mass is 35.5. The van der Waals surface area contributed by atoms with Crippen molar-refractivity contribution in [3.05, 3.63) is 33.8 Å². The summed E-state index contributed by atoms with van der Waals surface area (Å²) in [6.45, 7) is 8.54. The summed E-state index contributed by atoms with van der Waals surface area (Å²) in [5, 5.41) is 3.35. The minimum Gasteiger partial charge on any atom is -0.342 e. The number of carbonyl (C=O) groups excluding carboxylic acids is 3. The van der Waals surface area contributed by atoms with Gasteiger partial charge in [0.25, 0.3) is 5.91 Å². The SMILES string of the molecule is CCN(CC)C(=O)CN(C)C(=O)C(NC(=O)c1ccc(Cl)cc1Cl)C(C)C. The van der Waals surface area contributed by atoms with Gasteiger partial charge in [0.2, 0.25) is 11.8 Å². The first kappa shape index (κ1) is 23.2. The molecule has 0 fully saturated rings. The maximum Gasteiger partial charge on any atom is 0.253 e. The van der Waals surface area contributed by atoms with E-state index in [-0.39, 0.29) is 34.9 Å². The number of benzene rings is 1. The van der Waals surface area contributed by atoms with Crippen molar-refractivity contribution in [3.8, 4) is 0 Å². The first-order valence-electron chi connectivity index (χ1n) is 8.90. The molecular formula is C19H27Cl2N3O3. The molecule has 27 heavy (non-hydrogen) atoms. The Morgan fingerprint density at radius 1 is 1.11 bits per heavy atom. The summed E-state index contributed by atoms with van der Waals surface area (Å²) >= 11 is 11.9. The number of carbonyl (C=O) groups is 3.